The van der Waals surface area contributed by atoms with E-state index >= 15 is 0 Å². The van der Waals surface area contributed by atoms with Crippen LogP contribution >= 0.6 is 0 Å². The number of alkyl halides is 3. The standard InChI is InChI=1S/C13H19F3N2O/c1-9-3-4-11(10(2)7-9)12(18-17)5-6-19-8-13(14,15)16/h3-4,7,12,18H,5-6,8,17H2,1-2H3. The lowest BCUT2D eigenvalue weighted by Gasteiger charge is -2.19. The van der Waals surface area contributed by atoms with Gasteiger partial charge in [0.15, 0.2) is 0 Å². The van der Waals surface area contributed by atoms with Crippen LogP contribution in [0.25, 0.3) is 0 Å². The van der Waals surface area contributed by atoms with Gasteiger partial charge >= 0.3 is 6.18 Å². The van der Waals surface area contributed by atoms with Crippen LogP contribution in [0.15, 0.2) is 18.2 Å². The van der Waals surface area contributed by atoms with Crippen LogP contribution in [0.3, 0.4) is 0 Å². The lowest BCUT2D eigenvalue weighted by atomic mass is 9.98. The van der Waals surface area contributed by atoms with Crippen molar-refractivity contribution in [3.63, 3.8) is 0 Å². The van der Waals surface area contributed by atoms with Gasteiger partial charge in [0.25, 0.3) is 0 Å². The van der Waals surface area contributed by atoms with Gasteiger partial charge in [-0.05, 0) is 31.4 Å². The van der Waals surface area contributed by atoms with Crippen molar-refractivity contribution in [2.75, 3.05) is 13.2 Å². The number of hydrazine groups is 1. The fourth-order valence-corrected chi connectivity index (χ4v) is 1.93. The predicted molar refractivity (Wildman–Crippen MR) is 67.5 cm³/mol. The highest BCUT2D eigenvalue weighted by molar-refractivity contribution is 5.32. The van der Waals surface area contributed by atoms with E-state index in [-0.39, 0.29) is 12.6 Å². The van der Waals surface area contributed by atoms with Gasteiger partial charge in [-0.3, -0.25) is 11.3 Å². The monoisotopic (exact) mass is 276 g/mol. The normalized spacial score (nSPS) is 13.6. The molecule has 1 aromatic carbocycles. The van der Waals surface area contributed by atoms with Crippen LogP contribution in [0.5, 0.6) is 0 Å². The van der Waals surface area contributed by atoms with Gasteiger partial charge in [0.1, 0.15) is 6.61 Å². The molecular formula is C13H19F3N2O. The molecule has 108 valence electrons. The average molecular weight is 276 g/mol. The molecule has 0 aliphatic rings. The Bertz CT molecular complexity index is 407. The van der Waals surface area contributed by atoms with Crippen molar-refractivity contribution in [3.8, 4) is 0 Å². The zero-order valence-electron chi connectivity index (χ0n) is 11.1. The highest BCUT2D eigenvalue weighted by atomic mass is 19.4. The summed E-state index contributed by atoms with van der Waals surface area (Å²) in [5.74, 6) is 5.45. The molecule has 0 saturated carbocycles. The van der Waals surface area contributed by atoms with Crippen LogP contribution in [0.4, 0.5) is 13.2 Å². The number of halogens is 3. The quantitative estimate of drug-likeness (QED) is 0.477. The first-order valence-electron chi connectivity index (χ1n) is 6.01. The number of ether oxygens (including phenoxy) is 1. The Kier molecular flexibility index (Phi) is 5.78. The molecule has 1 unspecified atom stereocenters. The number of hydrogen-bond donors (Lipinski definition) is 2. The minimum absolute atomic E-state index is 0.00168. The number of benzene rings is 1. The number of nitrogens with two attached hydrogens (primary N) is 1. The summed E-state index contributed by atoms with van der Waals surface area (Å²) in [6, 6.07) is 5.67. The fourth-order valence-electron chi connectivity index (χ4n) is 1.93. The second-order valence-electron chi connectivity index (χ2n) is 4.54. The van der Waals surface area contributed by atoms with Crippen LogP contribution in [-0.4, -0.2) is 19.4 Å². The van der Waals surface area contributed by atoms with Crippen LogP contribution in [0.2, 0.25) is 0 Å². The second kappa shape index (κ2) is 6.88. The molecular weight excluding hydrogens is 257 g/mol. The number of hydrogen-bond acceptors (Lipinski definition) is 3. The van der Waals surface area contributed by atoms with Crippen LogP contribution in [0, 0.1) is 13.8 Å². The van der Waals surface area contributed by atoms with Crippen molar-refractivity contribution in [1.82, 2.24) is 5.43 Å². The molecule has 1 aromatic rings. The number of rotatable bonds is 6. The summed E-state index contributed by atoms with van der Waals surface area (Å²) in [5, 5.41) is 0. The molecule has 1 rings (SSSR count). The molecule has 6 heteroatoms. The third-order valence-corrected chi connectivity index (χ3v) is 2.82. The summed E-state index contributed by atoms with van der Waals surface area (Å²) in [5.41, 5.74) is 5.78. The summed E-state index contributed by atoms with van der Waals surface area (Å²) in [6.45, 7) is 2.70. The van der Waals surface area contributed by atoms with E-state index < -0.39 is 12.8 Å². The first-order valence-corrected chi connectivity index (χ1v) is 6.01. The smallest absolute Gasteiger partial charge is 0.372 e. The molecule has 0 fully saturated rings. The van der Waals surface area contributed by atoms with E-state index in [2.05, 4.69) is 10.2 Å². The average Bonchev–Trinajstić information content (AvgIpc) is 2.29. The maximum absolute atomic E-state index is 11.9. The van der Waals surface area contributed by atoms with Crippen molar-refractivity contribution < 1.29 is 17.9 Å². The first kappa shape index (κ1) is 15.9. The highest BCUT2D eigenvalue weighted by Gasteiger charge is 2.27. The molecule has 19 heavy (non-hydrogen) atoms. The molecule has 0 aromatic heterocycles. The maximum atomic E-state index is 11.9. The Morgan fingerprint density at radius 1 is 1.32 bits per heavy atom. The third-order valence-electron chi connectivity index (χ3n) is 2.82. The SMILES string of the molecule is Cc1ccc(C(CCOCC(F)(F)F)NN)c(C)c1. The second-order valence-corrected chi connectivity index (χ2v) is 4.54. The van der Waals surface area contributed by atoms with Crippen molar-refractivity contribution >= 4 is 0 Å². The van der Waals surface area contributed by atoms with Crippen molar-refractivity contribution in [2.45, 2.75) is 32.5 Å². The molecule has 0 amide bonds. The lowest BCUT2D eigenvalue weighted by Crippen LogP contribution is -2.30. The summed E-state index contributed by atoms with van der Waals surface area (Å²) < 4.78 is 40.4. The Balaban J connectivity index is 2.54. The molecule has 1 atom stereocenters. The number of nitrogens with one attached hydrogen (secondary N) is 1. The van der Waals surface area contributed by atoms with Gasteiger partial charge in [0.05, 0.1) is 0 Å². The summed E-state index contributed by atoms with van der Waals surface area (Å²) in [6.07, 6.45) is -3.90. The van der Waals surface area contributed by atoms with Gasteiger partial charge in [0, 0.05) is 12.6 Å². The summed E-state index contributed by atoms with van der Waals surface area (Å²) >= 11 is 0. The van der Waals surface area contributed by atoms with Crippen molar-refractivity contribution in [1.29, 1.82) is 0 Å². The predicted octanol–water partition coefficient (Wildman–Crippen LogP) is 2.78. The molecule has 0 spiro atoms. The van der Waals surface area contributed by atoms with Crippen molar-refractivity contribution in [2.24, 2.45) is 5.84 Å². The third kappa shape index (κ3) is 5.59. The van der Waals surface area contributed by atoms with Gasteiger partial charge in [-0.25, -0.2) is 0 Å². The topological polar surface area (TPSA) is 47.3 Å². The summed E-state index contributed by atoms with van der Waals surface area (Å²) in [7, 11) is 0. The molecule has 0 radical (unpaired) electrons. The minimum atomic E-state index is -4.29. The van der Waals surface area contributed by atoms with Gasteiger partial charge in [-0.1, -0.05) is 23.8 Å². The van der Waals surface area contributed by atoms with Gasteiger partial charge < -0.3 is 4.74 Å². The Morgan fingerprint density at radius 3 is 2.53 bits per heavy atom. The largest absolute Gasteiger partial charge is 0.411 e. The molecule has 0 aliphatic carbocycles. The Labute approximate surface area is 110 Å². The maximum Gasteiger partial charge on any atom is 0.411 e. The molecule has 3 N–H and O–H groups in total. The van der Waals surface area contributed by atoms with E-state index in [0.717, 1.165) is 16.7 Å². The van der Waals surface area contributed by atoms with E-state index in [1.807, 2.05) is 32.0 Å². The molecule has 0 bridgehead atoms. The molecule has 0 heterocycles. The summed E-state index contributed by atoms with van der Waals surface area (Å²) in [4.78, 5) is 0. The molecule has 3 nitrogen and oxygen atoms in total. The fraction of sp³-hybridized carbons (Fsp3) is 0.538. The number of aryl methyl sites for hydroxylation is 2. The van der Waals surface area contributed by atoms with Crippen molar-refractivity contribution in [3.05, 3.63) is 34.9 Å². The van der Waals surface area contributed by atoms with Crippen LogP contribution < -0.4 is 11.3 Å². The van der Waals surface area contributed by atoms with Gasteiger partial charge in [0.2, 0.25) is 0 Å². The van der Waals surface area contributed by atoms with E-state index in [0.29, 0.717) is 6.42 Å². The van der Waals surface area contributed by atoms with E-state index in [9.17, 15) is 13.2 Å². The molecule has 0 saturated heterocycles. The zero-order chi connectivity index (χ0) is 14.5. The minimum Gasteiger partial charge on any atom is -0.372 e. The van der Waals surface area contributed by atoms with Gasteiger partial charge in [-0.2, -0.15) is 13.2 Å². The van der Waals surface area contributed by atoms with Crippen LogP contribution in [0.1, 0.15) is 29.2 Å². The lowest BCUT2D eigenvalue weighted by molar-refractivity contribution is -0.174. The Hall–Kier alpha value is -1.11. The van der Waals surface area contributed by atoms with Gasteiger partial charge in [-0.15, -0.1) is 0 Å². The molecule has 0 aliphatic heterocycles. The Morgan fingerprint density at radius 2 is 2.00 bits per heavy atom. The van der Waals surface area contributed by atoms with E-state index in [1.165, 1.54) is 0 Å². The van der Waals surface area contributed by atoms with E-state index in [1.54, 1.807) is 0 Å². The highest BCUT2D eigenvalue weighted by Crippen LogP contribution is 2.22. The zero-order valence-corrected chi connectivity index (χ0v) is 11.1. The van der Waals surface area contributed by atoms with Crippen LogP contribution in [-0.2, 0) is 4.74 Å². The van der Waals surface area contributed by atoms with E-state index in [4.69, 9.17) is 5.84 Å². The first-order chi connectivity index (χ1) is 8.83.